The fraction of sp³-hybridized carbons (Fsp3) is 0.500. The Morgan fingerprint density at radius 1 is 0.943 bits per heavy atom. The minimum Gasteiger partial charge on any atom is -0.367 e. The fourth-order valence-electron chi connectivity index (χ4n) is 4.83. The lowest BCUT2D eigenvalue weighted by molar-refractivity contribution is -0.595. The first-order valence-electron chi connectivity index (χ1n) is 12.9. The van der Waals surface area contributed by atoms with E-state index in [-0.39, 0.29) is 29.7 Å². The van der Waals surface area contributed by atoms with Crippen LogP contribution in [0.15, 0.2) is 48.5 Å². The fourth-order valence-corrected chi connectivity index (χ4v) is 4.83. The van der Waals surface area contributed by atoms with E-state index in [0.717, 1.165) is 18.4 Å². The lowest BCUT2D eigenvalue weighted by atomic mass is 10.0. The molecule has 0 saturated carbocycles. The number of hydrogen-bond donors (Lipinski definition) is 1. The summed E-state index contributed by atoms with van der Waals surface area (Å²) in [6.07, 6.45) is 1.79. The molecule has 35 heavy (non-hydrogen) atoms. The van der Waals surface area contributed by atoms with Gasteiger partial charge in [0.05, 0.1) is 17.3 Å². The van der Waals surface area contributed by atoms with Crippen LogP contribution < -0.4 is 10.2 Å². The van der Waals surface area contributed by atoms with E-state index < -0.39 is 0 Å². The van der Waals surface area contributed by atoms with Gasteiger partial charge in [0.2, 0.25) is 5.91 Å². The van der Waals surface area contributed by atoms with E-state index in [1.54, 1.807) is 17.4 Å². The molecule has 190 valence electrons. The van der Waals surface area contributed by atoms with Crippen LogP contribution in [0.2, 0.25) is 0 Å². The van der Waals surface area contributed by atoms with Crippen LogP contribution in [0.1, 0.15) is 62.5 Å². The molecule has 1 aliphatic heterocycles. The Labute approximate surface area is 209 Å². The van der Waals surface area contributed by atoms with Crippen LogP contribution in [0.25, 0.3) is 0 Å². The number of benzene rings is 2. The topological polar surface area (TPSA) is 60.5 Å². The summed E-state index contributed by atoms with van der Waals surface area (Å²) in [5, 5.41) is 1.71. The normalized spacial score (nSPS) is 15.3. The number of piperazine rings is 1. The summed E-state index contributed by atoms with van der Waals surface area (Å²) in [6.45, 7) is 12.0. The highest BCUT2D eigenvalue weighted by molar-refractivity contribution is 5.87. The third kappa shape index (κ3) is 6.47. The predicted molar refractivity (Wildman–Crippen MR) is 138 cm³/mol. The van der Waals surface area contributed by atoms with Gasteiger partial charge in [0.1, 0.15) is 11.9 Å². The number of hydrogen-bond acceptors (Lipinski definition) is 4. The Morgan fingerprint density at radius 3 is 2.11 bits per heavy atom. The zero-order valence-corrected chi connectivity index (χ0v) is 21.5. The average molecular weight is 484 g/mol. The van der Waals surface area contributed by atoms with Crippen molar-refractivity contribution < 1.29 is 19.3 Å². The van der Waals surface area contributed by atoms with Crippen molar-refractivity contribution in [1.82, 2.24) is 9.80 Å². The van der Waals surface area contributed by atoms with Gasteiger partial charge in [0.25, 0.3) is 0 Å². The first-order chi connectivity index (χ1) is 16.9. The van der Waals surface area contributed by atoms with Crippen molar-refractivity contribution in [2.45, 2.75) is 52.6 Å². The molecular weight excluding hydrogens is 443 g/mol. The number of carbonyl (C=O) groups is 2. The largest absolute Gasteiger partial charge is 0.367 e. The summed E-state index contributed by atoms with van der Waals surface area (Å²) < 4.78 is 15.1. The van der Waals surface area contributed by atoms with E-state index in [2.05, 4.69) is 18.7 Å². The van der Waals surface area contributed by atoms with Crippen molar-refractivity contribution in [3.63, 3.8) is 0 Å². The third-order valence-corrected chi connectivity index (χ3v) is 7.11. The Kier molecular flexibility index (Phi) is 9.81. The van der Waals surface area contributed by atoms with E-state index in [1.165, 1.54) is 6.07 Å². The van der Waals surface area contributed by atoms with Crippen molar-refractivity contribution in [2.24, 2.45) is 0 Å². The number of primary amides is 1. The van der Waals surface area contributed by atoms with Crippen LogP contribution in [0, 0.1) is 5.82 Å². The van der Waals surface area contributed by atoms with E-state index in [0.29, 0.717) is 50.5 Å². The van der Waals surface area contributed by atoms with Gasteiger partial charge < -0.3 is 9.80 Å². The van der Waals surface area contributed by atoms with Crippen molar-refractivity contribution in [2.75, 3.05) is 44.2 Å². The van der Waals surface area contributed by atoms with E-state index in [9.17, 15) is 9.59 Å². The second-order valence-electron chi connectivity index (χ2n) is 9.12. The molecule has 1 heterocycles. The Balaban J connectivity index is 1.72. The zero-order valence-electron chi connectivity index (χ0n) is 21.5. The van der Waals surface area contributed by atoms with Gasteiger partial charge in [0.15, 0.2) is 0 Å². The molecule has 6 nitrogen and oxygen atoms in total. The quantitative estimate of drug-likeness (QED) is 0.562. The molecule has 3 rings (SSSR count). The summed E-state index contributed by atoms with van der Waals surface area (Å²) >= 11 is 0. The molecular formula is C28H40FN4O2+. The van der Waals surface area contributed by atoms with Gasteiger partial charge in [-0.2, -0.15) is 0 Å². The van der Waals surface area contributed by atoms with Crippen molar-refractivity contribution in [1.29, 1.82) is 0 Å². The van der Waals surface area contributed by atoms with Gasteiger partial charge in [-0.15, -0.1) is 0 Å². The van der Waals surface area contributed by atoms with Gasteiger partial charge >= 0.3 is 5.91 Å². The maximum atomic E-state index is 15.1. The van der Waals surface area contributed by atoms with Crippen molar-refractivity contribution in [3.8, 4) is 0 Å². The Morgan fingerprint density at radius 2 is 1.57 bits per heavy atom. The van der Waals surface area contributed by atoms with Crippen LogP contribution in [-0.4, -0.2) is 66.9 Å². The molecule has 0 bridgehead atoms. The van der Waals surface area contributed by atoms with Gasteiger partial charge in [-0.3, -0.25) is 15.0 Å². The molecule has 1 unspecified atom stereocenters. The van der Waals surface area contributed by atoms with Gasteiger partial charge in [-0.1, -0.05) is 44.2 Å². The number of anilines is 1. The van der Waals surface area contributed by atoms with Crippen LogP contribution >= 0.6 is 0 Å². The smallest absolute Gasteiger partial charge is 0.342 e. The number of carbonyl (C=O) groups excluding carboxylic acids is 2. The monoisotopic (exact) mass is 483 g/mol. The first-order valence-corrected chi connectivity index (χ1v) is 12.9. The highest BCUT2D eigenvalue weighted by Crippen LogP contribution is 2.27. The molecule has 1 fully saturated rings. The highest BCUT2D eigenvalue weighted by Gasteiger charge is 2.33. The molecule has 1 atom stereocenters. The number of rotatable bonds is 10. The van der Waals surface area contributed by atoms with E-state index >= 15 is 4.39 Å². The van der Waals surface area contributed by atoms with Crippen LogP contribution in [0.3, 0.4) is 0 Å². The summed E-state index contributed by atoms with van der Waals surface area (Å²) in [4.78, 5) is 32.0. The lowest BCUT2D eigenvalue weighted by Gasteiger charge is -2.41. The van der Waals surface area contributed by atoms with Crippen molar-refractivity contribution >= 4 is 17.5 Å². The van der Waals surface area contributed by atoms with Gasteiger partial charge in [0, 0.05) is 39.3 Å². The number of nitrogens with two attached hydrogens (primary N) is 1. The minimum absolute atomic E-state index is 0.109. The second-order valence-corrected chi connectivity index (χ2v) is 9.12. The lowest BCUT2D eigenvalue weighted by Crippen LogP contribution is -2.93. The molecule has 2 N–H and O–H groups in total. The number of amides is 2. The Bertz CT molecular complexity index is 968. The van der Waals surface area contributed by atoms with E-state index in [1.807, 2.05) is 54.0 Å². The standard InChI is InChI=1S/C28H39FN4O2/c1-5-23(6-2)30-27(34)22-14-15-25(24(29)20-22)32-16-18-33(19-17-32)26(21-12-10-9-11-13-21)28(35)31(7-3)8-4/h9-15,20,23,26H,5-8,16-19H2,1-4H3,(H,30,34)/p+1. The molecule has 1 saturated heterocycles. The molecule has 0 aliphatic carbocycles. The van der Waals surface area contributed by atoms with Crippen molar-refractivity contribution in [3.05, 3.63) is 65.5 Å². The summed E-state index contributed by atoms with van der Waals surface area (Å²) in [6, 6.07) is 14.6. The van der Waals surface area contributed by atoms with Crippen LogP contribution in [0.5, 0.6) is 0 Å². The summed E-state index contributed by atoms with van der Waals surface area (Å²) in [7, 11) is 0. The average Bonchev–Trinajstić information content (AvgIpc) is 2.89. The summed E-state index contributed by atoms with van der Waals surface area (Å²) in [5.74, 6) is -0.381. The molecule has 0 spiro atoms. The van der Waals surface area contributed by atoms with Crippen LogP contribution in [0.4, 0.5) is 10.1 Å². The number of nitrogens with zero attached hydrogens (tertiary/aromatic N) is 3. The minimum atomic E-state index is -0.374. The third-order valence-electron chi connectivity index (χ3n) is 7.11. The highest BCUT2D eigenvalue weighted by atomic mass is 19.1. The maximum absolute atomic E-state index is 15.1. The SMILES string of the molecule is CCC(CC)[NH2+]C(=O)c1ccc(N2CCN(C(C(=O)N(CC)CC)c3ccccc3)CC2)c(F)c1. The van der Waals surface area contributed by atoms with Gasteiger partial charge in [-0.25, -0.2) is 9.18 Å². The molecule has 7 heteroatoms. The Hall–Kier alpha value is -2.77. The number of quaternary nitrogens is 1. The first kappa shape index (κ1) is 26.8. The molecule has 2 aromatic rings. The second kappa shape index (κ2) is 12.8. The number of halogens is 1. The molecule has 0 radical (unpaired) electrons. The summed E-state index contributed by atoms with van der Waals surface area (Å²) in [5.41, 5.74) is 1.89. The van der Waals surface area contributed by atoms with Gasteiger partial charge in [-0.05, 0) is 50.5 Å². The maximum Gasteiger partial charge on any atom is 0.342 e. The van der Waals surface area contributed by atoms with E-state index in [4.69, 9.17) is 0 Å². The number of likely N-dealkylation sites (N-methyl/N-ethyl adjacent to an activating group) is 1. The zero-order chi connectivity index (χ0) is 25.4. The van der Waals surface area contributed by atoms with Crippen LogP contribution in [-0.2, 0) is 4.79 Å². The molecule has 2 aromatic carbocycles. The molecule has 2 amide bonds. The molecule has 1 aliphatic rings. The molecule has 0 aromatic heterocycles. The predicted octanol–water partition coefficient (Wildman–Crippen LogP) is 3.45.